The van der Waals surface area contributed by atoms with E-state index >= 15 is 0 Å². The predicted molar refractivity (Wildman–Crippen MR) is 122 cm³/mol. The maximum absolute atomic E-state index is 12.8. The summed E-state index contributed by atoms with van der Waals surface area (Å²) >= 11 is 7.01. The van der Waals surface area contributed by atoms with Crippen LogP contribution in [-0.2, 0) is 16.4 Å². The van der Waals surface area contributed by atoms with Crippen LogP contribution in [0.25, 0.3) is 10.4 Å². The highest BCUT2D eigenvalue weighted by Gasteiger charge is 2.24. The molecule has 9 heteroatoms. The van der Waals surface area contributed by atoms with Gasteiger partial charge in [-0.2, -0.15) is 5.26 Å². The molecule has 0 unspecified atom stereocenters. The number of carbonyl (C=O) groups is 1. The van der Waals surface area contributed by atoms with Gasteiger partial charge in [-0.05, 0) is 47.7 Å². The van der Waals surface area contributed by atoms with Crippen molar-refractivity contribution in [2.75, 3.05) is 4.72 Å². The summed E-state index contributed by atoms with van der Waals surface area (Å²) < 4.78 is 28.0. The molecule has 0 aliphatic heterocycles. The minimum Gasteiger partial charge on any atom is -0.477 e. The van der Waals surface area contributed by atoms with E-state index < -0.39 is 16.0 Å². The lowest BCUT2D eigenvalue weighted by Crippen LogP contribution is -2.15. The molecule has 0 aliphatic rings. The first-order valence-electron chi connectivity index (χ1n) is 9.29. The predicted octanol–water partition coefficient (Wildman–Crippen LogP) is 5.64. The molecule has 0 amide bonds. The highest BCUT2D eigenvalue weighted by Crippen LogP contribution is 2.37. The van der Waals surface area contributed by atoms with Crippen molar-refractivity contribution < 1.29 is 18.3 Å². The van der Waals surface area contributed by atoms with Crippen molar-refractivity contribution in [1.29, 1.82) is 5.26 Å². The van der Waals surface area contributed by atoms with Gasteiger partial charge in [0.25, 0.3) is 10.0 Å². The number of nitriles is 1. The Bertz CT molecular complexity index is 1270. The third-order valence-electron chi connectivity index (χ3n) is 4.40. The maximum atomic E-state index is 12.8. The topological polar surface area (TPSA) is 107 Å². The minimum atomic E-state index is -4.16. The summed E-state index contributed by atoms with van der Waals surface area (Å²) in [7, 11) is -4.16. The lowest BCUT2D eigenvalue weighted by molar-refractivity contribution is 0.0703. The summed E-state index contributed by atoms with van der Waals surface area (Å²) in [6, 6.07) is 14.9. The Morgan fingerprint density at radius 1 is 1.19 bits per heavy atom. The van der Waals surface area contributed by atoms with Gasteiger partial charge in [0.1, 0.15) is 9.77 Å². The Kier molecular flexibility index (Phi) is 6.70. The van der Waals surface area contributed by atoms with Crippen LogP contribution in [0.4, 0.5) is 5.69 Å². The molecule has 1 aromatic heterocycles. The number of hydrogen-bond donors (Lipinski definition) is 2. The number of halogens is 1. The molecule has 6 nitrogen and oxygen atoms in total. The molecule has 2 N–H and O–H groups in total. The fraction of sp³-hybridized carbons (Fsp3) is 0.182. The number of thiophene rings is 1. The van der Waals surface area contributed by atoms with E-state index in [4.69, 9.17) is 16.9 Å². The van der Waals surface area contributed by atoms with Crippen LogP contribution in [-0.4, -0.2) is 19.5 Å². The molecule has 3 rings (SSSR count). The van der Waals surface area contributed by atoms with Crippen LogP contribution in [0.15, 0.2) is 53.4 Å². The van der Waals surface area contributed by atoms with Gasteiger partial charge < -0.3 is 5.11 Å². The standard InChI is InChI=1S/C22H19ClN2O4S2/c1-13(2)9-14-3-6-16(7-4-14)19-11-18(21(30-19)22(26)27)25-31(28,29)20-8-5-15(12-24)10-17(20)23/h3-8,10-11,13,25H,9H2,1-2H3,(H,26,27). The van der Waals surface area contributed by atoms with Crippen molar-refractivity contribution in [1.82, 2.24) is 0 Å². The lowest BCUT2D eigenvalue weighted by atomic mass is 10.0. The number of sulfonamides is 1. The van der Waals surface area contributed by atoms with E-state index in [0.29, 0.717) is 10.8 Å². The normalized spacial score (nSPS) is 11.3. The van der Waals surface area contributed by atoms with Gasteiger partial charge in [-0.3, -0.25) is 4.72 Å². The fourth-order valence-corrected chi connectivity index (χ4v) is 5.66. The third kappa shape index (κ3) is 5.25. The van der Waals surface area contributed by atoms with Crippen LogP contribution in [0.1, 0.15) is 34.6 Å². The molecular formula is C22H19ClN2O4S2. The second-order valence-corrected chi connectivity index (χ2v) is 10.4. The van der Waals surface area contributed by atoms with Crippen LogP contribution in [0.5, 0.6) is 0 Å². The second-order valence-electron chi connectivity index (χ2n) is 7.32. The van der Waals surface area contributed by atoms with Gasteiger partial charge in [-0.25, -0.2) is 13.2 Å². The van der Waals surface area contributed by atoms with E-state index in [1.165, 1.54) is 29.8 Å². The Hall–Kier alpha value is -2.86. The van der Waals surface area contributed by atoms with E-state index in [2.05, 4.69) is 18.6 Å². The Labute approximate surface area is 189 Å². The number of nitrogens with one attached hydrogen (secondary N) is 1. The van der Waals surface area contributed by atoms with Crippen LogP contribution in [0, 0.1) is 17.2 Å². The number of hydrogen-bond acceptors (Lipinski definition) is 5. The van der Waals surface area contributed by atoms with Crippen LogP contribution in [0.2, 0.25) is 5.02 Å². The zero-order valence-electron chi connectivity index (χ0n) is 16.7. The van der Waals surface area contributed by atoms with Gasteiger partial charge in [0, 0.05) is 4.88 Å². The first-order valence-corrected chi connectivity index (χ1v) is 12.0. The zero-order valence-corrected chi connectivity index (χ0v) is 19.1. The number of carboxylic acids is 1. The number of aromatic carboxylic acids is 1. The van der Waals surface area contributed by atoms with Crippen molar-refractivity contribution in [3.05, 3.63) is 69.6 Å². The fourth-order valence-electron chi connectivity index (χ4n) is 3.03. The monoisotopic (exact) mass is 474 g/mol. The van der Waals surface area contributed by atoms with E-state index in [-0.39, 0.29) is 26.0 Å². The average molecular weight is 475 g/mol. The Morgan fingerprint density at radius 2 is 1.87 bits per heavy atom. The summed E-state index contributed by atoms with van der Waals surface area (Å²) in [5.74, 6) is -0.724. The van der Waals surface area contributed by atoms with E-state index in [1.807, 2.05) is 30.3 Å². The van der Waals surface area contributed by atoms with Gasteiger partial charge in [0.2, 0.25) is 0 Å². The molecule has 1 heterocycles. The second kappa shape index (κ2) is 9.10. The number of carboxylic acid groups (broad SMARTS) is 1. The van der Waals surface area contributed by atoms with Crippen molar-refractivity contribution in [3.8, 4) is 16.5 Å². The van der Waals surface area contributed by atoms with Crippen molar-refractivity contribution in [2.45, 2.75) is 25.2 Å². The van der Waals surface area contributed by atoms with E-state index in [0.717, 1.165) is 23.3 Å². The van der Waals surface area contributed by atoms with Crippen LogP contribution in [0.3, 0.4) is 0 Å². The lowest BCUT2D eigenvalue weighted by Gasteiger charge is -2.09. The molecule has 0 aliphatic carbocycles. The maximum Gasteiger partial charge on any atom is 0.348 e. The summed E-state index contributed by atoms with van der Waals surface area (Å²) in [6.45, 7) is 4.26. The molecule has 0 bridgehead atoms. The van der Waals surface area contributed by atoms with Crippen molar-refractivity contribution >= 4 is 44.6 Å². The molecule has 0 saturated carbocycles. The quantitative estimate of drug-likeness (QED) is 0.460. The van der Waals surface area contributed by atoms with Gasteiger partial charge >= 0.3 is 5.97 Å². The molecular weight excluding hydrogens is 456 g/mol. The largest absolute Gasteiger partial charge is 0.477 e. The average Bonchev–Trinajstić information content (AvgIpc) is 3.11. The first-order chi connectivity index (χ1) is 14.6. The molecule has 0 radical (unpaired) electrons. The Balaban J connectivity index is 1.96. The summed E-state index contributed by atoms with van der Waals surface area (Å²) in [5.41, 5.74) is 2.14. The zero-order chi connectivity index (χ0) is 22.8. The van der Waals surface area contributed by atoms with Gasteiger partial charge in [0.15, 0.2) is 0 Å². The summed E-state index contributed by atoms with van der Waals surface area (Å²) in [5, 5.41) is 18.4. The van der Waals surface area contributed by atoms with Crippen molar-refractivity contribution in [3.63, 3.8) is 0 Å². The van der Waals surface area contributed by atoms with Crippen LogP contribution >= 0.6 is 22.9 Å². The van der Waals surface area contributed by atoms with Gasteiger partial charge in [-0.15, -0.1) is 11.3 Å². The molecule has 3 aromatic rings. The molecule has 2 aromatic carbocycles. The molecule has 160 valence electrons. The Morgan fingerprint density at radius 3 is 2.42 bits per heavy atom. The van der Waals surface area contributed by atoms with Gasteiger partial charge in [0.05, 0.1) is 22.3 Å². The van der Waals surface area contributed by atoms with Crippen LogP contribution < -0.4 is 4.72 Å². The highest BCUT2D eigenvalue weighted by molar-refractivity contribution is 7.92. The summed E-state index contributed by atoms with van der Waals surface area (Å²) in [6.07, 6.45) is 0.932. The van der Waals surface area contributed by atoms with Crippen molar-refractivity contribution in [2.24, 2.45) is 5.92 Å². The summed E-state index contributed by atoms with van der Waals surface area (Å²) in [4.78, 5) is 12.0. The van der Waals surface area contributed by atoms with E-state index in [1.54, 1.807) is 0 Å². The third-order valence-corrected chi connectivity index (χ3v) is 7.42. The number of rotatable bonds is 7. The van der Waals surface area contributed by atoms with E-state index in [9.17, 15) is 18.3 Å². The number of nitrogens with zero attached hydrogens (tertiary/aromatic N) is 1. The molecule has 0 atom stereocenters. The number of benzene rings is 2. The van der Waals surface area contributed by atoms with Gasteiger partial charge in [-0.1, -0.05) is 49.7 Å². The highest BCUT2D eigenvalue weighted by atomic mass is 35.5. The molecule has 0 spiro atoms. The first kappa shape index (κ1) is 22.8. The smallest absolute Gasteiger partial charge is 0.348 e. The minimum absolute atomic E-state index is 0.0424. The SMILES string of the molecule is CC(C)Cc1ccc(-c2cc(NS(=O)(=O)c3ccc(C#N)cc3Cl)c(C(=O)O)s2)cc1. The molecule has 31 heavy (non-hydrogen) atoms. The number of anilines is 1. The molecule has 0 fully saturated rings. The molecule has 0 saturated heterocycles.